The molecule has 124 valence electrons. The van der Waals surface area contributed by atoms with Gasteiger partial charge in [-0.2, -0.15) is 0 Å². The largest absolute Gasteiger partial charge is 0.436 e. The lowest BCUT2D eigenvalue weighted by Gasteiger charge is -2.15. The molecule has 5 nitrogen and oxygen atoms in total. The summed E-state index contributed by atoms with van der Waals surface area (Å²) in [5.41, 5.74) is 4.13. The number of ether oxygens (including phenoxy) is 1. The number of rotatable bonds is 5. The summed E-state index contributed by atoms with van der Waals surface area (Å²) in [6.07, 6.45) is -0.416. The lowest BCUT2D eigenvalue weighted by atomic mass is 10.1. The summed E-state index contributed by atoms with van der Waals surface area (Å²) in [5, 5.41) is 0. The number of carbonyl (C=O) groups excluding carboxylic acids is 1. The fourth-order valence-electron chi connectivity index (χ4n) is 1.97. The summed E-state index contributed by atoms with van der Waals surface area (Å²) in [5.74, 6) is 0. The minimum atomic E-state index is -3.99. The Labute approximate surface area is 141 Å². The van der Waals surface area contributed by atoms with Crippen molar-refractivity contribution in [3.8, 4) is 0 Å². The van der Waals surface area contributed by atoms with Crippen LogP contribution in [0.15, 0.2) is 77.9 Å². The van der Waals surface area contributed by atoms with Gasteiger partial charge in [0.25, 0.3) is 10.0 Å². The number of nitrogens with one attached hydrogen (secondary N) is 1. The van der Waals surface area contributed by atoms with Gasteiger partial charge < -0.3 is 4.74 Å². The van der Waals surface area contributed by atoms with E-state index in [1.54, 1.807) is 36.4 Å². The first-order chi connectivity index (χ1) is 11.4. The van der Waals surface area contributed by atoms with Gasteiger partial charge in [-0.05, 0) is 24.6 Å². The number of amides is 1. The summed E-state index contributed by atoms with van der Waals surface area (Å²) in [6, 6.07) is 15.0. The van der Waals surface area contributed by atoms with E-state index in [0.717, 1.165) is 5.56 Å². The molecular weight excluding hydrogens is 326 g/mol. The summed E-state index contributed by atoms with van der Waals surface area (Å²) in [6.45, 7) is 5.29. The van der Waals surface area contributed by atoms with E-state index in [9.17, 15) is 13.2 Å². The van der Waals surface area contributed by atoms with Crippen molar-refractivity contribution in [3.05, 3.63) is 84.1 Å². The van der Waals surface area contributed by atoms with Crippen LogP contribution in [0.3, 0.4) is 0 Å². The predicted octanol–water partition coefficient (Wildman–Crippen LogP) is 3.49. The topological polar surface area (TPSA) is 72.5 Å². The average molecular weight is 343 g/mol. The van der Waals surface area contributed by atoms with E-state index in [1.165, 1.54) is 18.2 Å². The summed E-state index contributed by atoms with van der Waals surface area (Å²) < 4.78 is 31.4. The Morgan fingerprint density at radius 2 is 1.79 bits per heavy atom. The maximum Gasteiger partial charge on any atom is 0.422 e. The molecule has 0 saturated carbocycles. The van der Waals surface area contributed by atoms with Crippen LogP contribution in [-0.4, -0.2) is 14.5 Å². The highest BCUT2D eigenvalue weighted by molar-refractivity contribution is 7.90. The van der Waals surface area contributed by atoms with Crippen molar-refractivity contribution in [1.82, 2.24) is 4.72 Å². The first-order valence-corrected chi connectivity index (χ1v) is 8.61. The van der Waals surface area contributed by atoms with Crippen LogP contribution in [0, 0.1) is 6.92 Å². The highest BCUT2D eigenvalue weighted by atomic mass is 32.2. The maximum absolute atomic E-state index is 12.2. The van der Waals surface area contributed by atoms with Crippen LogP contribution >= 0.6 is 0 Å². The number of carbonyl (C=O) groups is 1. The Balaban J connectivity index is 2.13. The van der Waals surface area contributed by atoms with Crippen LogP contribution in [0.2, 0.25) is 0 Å². The molecule has 0 spiro atoms. The molecule has 2 aromatic rings. The van der Waals surface area contributed by atoms with Gasteiger partial charge >= 0.3 is 6.09 Å². The van der Waals surface area contributed by atoms with Gasteiger partial charge in [0.05, 0.1) is 4.90 Å². The molecule has 24 heavy (non-hydrogen) atoms. The van der Waals surface area contributed by atoms with Crippen LogP contribution in [0.1, 0.15) is 17.2 Å². The van der Waals surface area contributed by atoms with Crippen molar-refractivity contribution in [1.29, 1.82) is 0 Å². The van der Waals surface area contributed by atoms with Crippen molar-refractivity contribution in [2.45, 2.75) is 17.9 Å². The number of aryl methyl sites for hydroxylation is 1. The van der Waals surface area contributed by atoms with Crippen LogP contribution in [0.5, 0.6) is 0 Å². The van der Waals surface area contributed by atoms with Gasteiger partial charge in [-0.3, -0.25) is 0 Å². The molecule has 0 aliphatic heterocycles. The molecule has 1 atom stereocenters. The molecule has 0 radical (unpaired) electrons. The molecule has 1 N–H and O–H groups in total. The third-order valence-corrected chi connectivity index (χ3v) is 4.51. The number of hydrogen-bond acceptors (Lipinski definition) is 4. The first-order valence-electron chi connectivity index (χ1n) is 7.13. The van der Waals surface area contributed by atoms with Gasteiger partial charge in [0, 0.05) is 6.08 Å². The second kappa shape index (κ2) is 7.64. The number of sulfonamides is 1. The molecule has 0 aliphatic carbocycles. The molecule has 0 saturated heterocycles. The Kier molecular flexibility index (Phi) is 5.58. The van der Waals surface area contributed by atoms with Gasteiger partial charge in [0.2, 0.25) is 0 Å². The van der Waals surface area contributed by atoms with Crippen LogP contribution < -0.4 is 4.72 Å². The minimum absolute atomic E-state index is 0.0134. The van der Waals surface area contributed by atoms with Crippen LogP contribution in [-0.2, 0) is 14.8 Å². The molecule has 0 heterocycles. The molecule has 2 aromatic carbocycles. The van der Waals surface area contributed by atoms with Gasteiger partial charge in [-0.15, -0.1) is 5.73 Å². The van der Waals surface area contributed by atoms with E-state index >= 15 is 0 Å². The molecule has 0 aliphatic rings. The molecule has 2 rings (SSSR count). The van der Waals surface area contributed by atoms with Crippen molar-refractivity contribution in [2.24, 2.45) is 0 Å². The van der Waals surface area contributed by atoms with Gasteiger partial charge in [-0.1, -0.05) is 54.6 Å². The average Bonchev–Trinajstić information content (AvgIpc) is 2.55. The van der Waals surface area contributed by atoms with E-state index in [0.29, 0.717) is 5.56 Å². The molecule has 0 aromatic heterocycles. The van der Waals surface area contributed by atoms with E-state index in [-0.39, 0.29) is 4.90 Å². The quantitative estimate of drug-likeness (QED) is 0.844. The standard InChI is InChI=1S/C18H17NO4S/c1-3-7-17(15-8-5-4-6-9-15)23-18(20)19-24(21,22)16-12-10-14(2)11-13-16/h4-13,17H,1H2,2H3,(H,19,20). The fourth-order valence-corrected chi connectivity index (χ4v) is 2.85. The first kappa shape index (κ1) is 17.5. The van der Waals surface area contributed by atoms with E-state index in [2.05, 4.69) is 12.3 Å². The van der Waals surface area contributed by atoms with Crippen molar-refractivity contribution in [2.75, 3.05) is 0 Å². The normalized spacial score (nSPS) is 11.9. The van der Waals surface area contributed by atoms with Crippen molar-refractivity contribution < 1.29 is 17.9 Å². The Morgan fingerprint density at radius 3 is 2.38 bits per heavy atom. The third-order valence-electron chi connectivity index (χ3n) is 3.18. The van der Waals surface area contributed by atoms with Crippen molar-refractivity contribution >= 4 is 16.1 Å². The highest BCUT2D eigenvalue weighted by Gasteiger charge is 2.21. The number of benzene rings is 2. The predicted molar refractivity (Wildman–Crippen MR) is 90.9 cm³/mol. The van der Waals surface area contributed by atoms with E-state index in [4.69, 9.17) is 4.74 Å². The molecule has 0 bridgehead atoms. The molecule has 6 heteroatoms. The summed E-state index contributed by atoms with van der Waals surface area (Å²) >= 11 is 0. The lowest BCUT2D eigenvalue weighted by Crippen LogP contribution is -2.31. The monoisotopic (exact) mass is 343 g/mol. The van der Waals surface area contributed by atoms with E-state index < -0.39 is 22.2 Å². The summed E-state index contributed by atoms with van der Waals surface area (Å²) in [4.78, 5) is 12.0. The summed E-state index contributed by atoms with van der Waals surface area (Å²) in [7, 11) is -3.99. The van der Waals surface area contributed by atoms with Crippen LogP contribution in [0.4, 0.5) is 4.79 Å². The second-order valence-electron chi connectivity index (χ2n) is 5.03. The van der Waals surface area contributed by atoms with Gasteiger partial charge in [0.15, 0.2) is 6.10 Å². The Hall–Kier alpha value is -2.82. The van der Waals surface area contributed by atoms with Gasteiger partial charge in [0.1, 0.15) is 0 Å². The van der Waals surface area contributed by atoms with E-state index in [1.807, 2.05) is 17.7 Å². The fraction of sp³-hybridized carbons (Fsp3) is 0.111. The van der Waals surface area contributed by atoms with Gasteiger partial charge in [-0.25, -0.2) is 17.9 Å². The molecule has 1 unspecified atom stereocenters. The zero-order valence-electron chi connectivity index (χ0n) is 13.1. The molecule has 1 amide bonds. The SMILES string of the molecule is C=C=CC(OC(=O)NS(=O)(=O)c1ccc(C)cc1)c1ccccc1. The molecular formula is C18H17NO4S. The maximum atomic E-state index is 12.2. The number of hydrogen-bond donors (Lipinski definition) is 1. The minimum Gasteiger partial charge on any atom is -0.436 e. The Bertz CT molecular complexity index is 852. The zero-order valence-corrected chi connectivity index (χ0v) is 13.9. The highest BCUT2D eigenvalue weighted by Crippen LogP contribution is 2.19. The lowest BCUT2D eigenvalue weighted by molar-refractivity contribution is 0.126. The zero-order chi connectivity index (χ0) is 17.6. The second-order valence-corrected chi connectivity index (χ2v) is 6.71. The van der Waals surface area contributed by atoms with Crippen LogP contribution in [0.25, 0.3) is 0 Å². The Morgan fingerprint density at radius 1 is 1.17 bits per heavy atom. The molecule has 0 fully saturated rings. The smallest absolute Gasteiger partial charge is 0.422 e. The van der Waals surface area contributed by atoms with Crippen molar-refractivity contribution in [3.63, 3.8) is 0 Å². The third kappa shape index (κ3) is 4.59.